The molecule has 2 aromatic carbocycles. The van der Waals surface area contributed by atoms with E-state index in [2.05, 4.69) is 10.6 Å². The number of carbonyl (C=O) groups is 4. The Labute approximate surface area is 187 Å². The average Bonchev–Trinajstić information content (AvgIpc) is 3.15. The minimum Gasteiger partial charge on any atom is -0.445 e. The van der Waals surface area contributed by atoms with E-state index in [1.54, 1.807) is 24.3 Å². The highest BCUT2D eigenvalue weighted by Crippen LogP contribution is 2.37. The van der Waals surface area contributed by atoms with Crippen LogP contribution < -0.4 is 10.6 Å². The third kappa shape index (κ3) is 4.12. The van der Waals surface area contributed by atoms with Gasteiger partial charge >= 0.3 is 6.09 Å². The smallest absolute Gasteiger partial charge is 0.407 e. The number of amides is 4. The number of nitrogens with zero attached hydrogens (tertiary/aromatic N) is 2. The van der Waals surface area contributed by atoms with Crippen LogP contribution in [0.1, 0.15) is 34.3 Å². The zero-order chi connectivity index (χ0) is 23.6. The second-order valence-electron chi connectivity index (χ2n) is 7.78. The van der Waals surface area contributed by atoms with Crippen molar-refractivity contribution < 1.29 is 28.8 Å². The second-order valence-corrected chi connectivity index (χ2v) is 7.78. The molecule has 33 heavy (non-hydrogen) atoms. The first-order chi connectivity index (χ1) is 15.8. The number of nitro groups is 1. The first kappa shape index (κ1) is 21.9. The van der Waals surface area contributed by atoms with E-state index in [1.165, 1.54) is 23.1 Å². The van der Waals surface area contributed by atoms with E-state index in [-0.39, 0.29) is 49.4 Å². The van der Waals surface area contributed by atoms with Crippen molar-refractivity contribution in [1.29, 1.82) is 0 Å². The number of nitrogens with one attached hydrogen (secondary N) is 2. The molecule has 0 radical (unpaired) electrons. The molecule has 2 heterocycles. The van der Waals surface area contributed by atoms with E-state index >= 15 is 0 Å². The Hall–Kier alpha value is -4.28. The number of imide groups is 1. The number of fused-ring (bicyclic) bond motifs is 1. The SMILES string of the molecule is O=C1CCC(CNC(=O)OCc2ccccc2)(N2Cc3c(cccc3[N+](=O)[O-])C2=O)C(=O)N1. The monoisotopic (exact) mass is 452 g/mol. The number of benzene rings is 2. The molecular weight excluding hydrogens is 432 g/mol. The van der Waals surface area contributed by atoms with E-state index in [0.29, 0.717) is 0 Å². The minimum absolute atomic E-state index is 0.00460. The molecule has 170 valence electrons. The first-order valence-corrected chi connectivity index (χ1v) is 10.2. The van der Waals surface area contributed by atoms with Gasteiger partial charge in [-0.25, -0.2) is 4.79 Å². The van der Waals surface area contributed by atoms with Crippen LogP contribution in [-0.2, 0) is 27.5 Å². The minimum atomic E-state index is -1.61. The summed E-state index contributed by atoms with van der Waals surface area (Å²) in [5, 5.41) is 16.1. The lowest BCUT2D eigenvalue weighted by molar-refractivity contribution is -0.385. The molecule has 2 N–H and O–H groups in total. The Morgan fingerprint density at radius 3 is 2.61 bits per heavy atom. The summed E-state index contributed by atoms with van der Waals surface area (Å²) in [6, 6.07) is 13.1. The van der Waals surface area contributed by atoms with E-state index in [0.717, 1.165) is 5.56 Å². The van der Waals surface area contributed by atoms with Crippen LogP contribution in [0.15, 0.2) is 48.5 Å². The van der Waals surface area contributed by atoms with Gasteiger partial charge in [-0.2, -0.15) is 0 Å². The Kier molecular flexibility index (Phi) is 5.78. The summed E-state index contributed by atoms with van der Waals surface area (Å²) in [7, 11) is 0. The van der Waals surface area contributed by atoms with Gasteiger partial charge in [-0.3, -0.25) is 29.8 Å². The van der Waals surface area contributed by atoms with Crippen molar-refractivity contribution in [2.24, 2.45) is 0 Å². The molecule has 0 aromatic heterocycles. The largest absolute Gasteiger partial charge is 0.445 e. The fourth-order valence-corrected chi connectivity index (χ4v) is 4.09. The molecule has 1 saturated heterocycles. The number of hydrogen-bond acceptors (Lipinski definition) is 7. The highest BCUT2D eigenvalue weighted by molar-refractivity contribution is 6.08. The van der Waals surface area contributed by atoms with E-state index < -0.39 is 34.3 Å². The van der Waals surface area contributed by atoms with Crippen LogP contribution in [0.4, 0.5) is 10.5 Å². The van der Waals surface area contributed by atoms with Crippen molar-refractivity contribution in [3.63, 3.8) is 0 Å². The summed E-state index contributed by atoms with van der Waals surface area (Å²) in [6.07, 6.45) is -0.920. The van der Waals surface area contributed by atoms with Gasteiger partial charge in [-0.05, 0) is 18.1 Å². The van der Waals surface area contributed by atoms with E-state index in [1.807, 2.05) is 6.07 Å². The number of carbonyl (C=O) groups excluding carboxylic acids is 4. The Morgan fingerprint density at radius 2 is 1.91 bits per heavy atom. The van der Waals surface area contributed by atoms with Crippen LogP contribution in [0.3, 0.4) is 0 Å². The normalized spacial score (nSPS) is 19.6. The number of nitro benzene ring substituents is 1. The van der Waals surface area contributed by atoms with Gasteiger partial charge in [0.1, 0.15) is 12.1 Å². The summed E-state index contributed by atoms with van der Waals surface area (Å²) in [4.78, 5) is 62.2. The maximum absolute atomic E-state index is 13.2. The lowest BCUT2D eigenvalue weighted by Gasteiger charge is -2.42. The van der Waals surface area contributed by atoms with Crippen LogP contribution in [0, 0.1) is 10.1 Å². The van der Waals surface area contributed by atoms with Crippen LogP contribution in [-0.4, -0.2) is 45.7 Å². The van der Waals surface area contributed by atoms with Crippen molar-refractivity contribution >= 4 is 29.5 Å². The van der Waals surface area contributed by atoms with E-state index in [9.17, 15) is 29.3 Å². The fraction of sp³-hybridized carbons (Fsp3) is 0.273. The van der Waals surface area contributed by atoms with Gasteiger partial charge in [0.05, 0.1) is 29.1 Å². The molecular formula is C22H20N4O7. The number of hydrogen-bond donors (Lipinski definition) is 2. The van der Waals surface area contributed by atoms with Gasteiger partial charge in [-0.15, -0.1) is 0 Å². The van der Waals surface area contributed by atoms with Gasteiger partial charge in [0.2, 0.25) is 5.91 Å². The van der Waals surface area contributed by atoms with Gasteiger partial charge < -0.3 is 15.0 Å². The molecule has 0 spiro atoms. The lowest BCUT2D eigenvalue weighted by atomic mass is 9.86. The van der Waals surface area contributed by atoms with E-state index in [4.69, 9.17) is 4.74 Å². The second kappa shape index (κ2) is 8.69. The predicted octanol–water partition coefficient (Wildman–Crippen LogP) is 1.65. The quantitative estimate of drug-likeness (QED) is 0.385. The number of alkyl carbamates (subject to hydrolysis) is 1. The van der Waals surface area contributed by atoms with Crippen LogP contribution in [0.2, 0.25) is 0 Å². The molecule has 2 aliphatic rings. The molecule has 1 atom stereocenters. The zero-order valence-electron chi connectivity index (χ0n) is 17.4. The highest BCUT2D eigenvalue weighted by atomic mass is 16.6. The van der Waals surface area contributed by atoms with Crippen LogP contribution in [0.5, 0.6) is 0 Å². The van der Waals surface area contributed by atoms with Crippen LogP contribution in [0.25, 0.3) is 0 Å². The number of rotatable bonds is 6. The molecule has 11 nitrogen and oxygen atoms in total. The molecule has 11 heteroatoms. The summed E-state index contributed by atoms with van der Waals surface area (Å²) in [5.74, 6) is -1.85. The Morgan fingerprint density at radius 1 is 1.15 bits per heavy atom. The zero-order valence-corrected chi connectivity index (χ0v) is 17.4. The van der Waals surface area contributed by atoms with Crippen molar-refractivity contribution in [3.8, 4) is 0 Å². The maximum atomic E-state index is 13.2. The topological polar surface area (TPSA) is 148 Å². The lowest BCUT2D eigenvalue weighted by Crippen LogP contribution is -2.67. The molecule has 2 aliphatic heterocycles. The summed E-state index contributed by atoms with van der Waals surface area (Å²) in [5.41, 5.74) is -0.783. The van der Waals surface area contributed by atoms with Crippen molar-refractivity contribution in [2.75, 3.05) is 6.54 Å². The maximum Gasteiger partial charge on any atom is 0.407 e. The third-order valence-corrected chi connectivity index (χ3v) is 5.84. The van der Waals surface area contributed by atoms with Crippen molar-refractivity contribution in [3.05, 3.63) is 75.3 Å². The number of piperidine rings is 1. The predicted molar refractivity (Wildman–Crippen MR) is 113 cm³/mol. The Bertz CT molecular complexity index is 1150. The first-order valence-electron chi connectivity index (χ1n) is 10.2. The average molecular weight is 452 g/mol. The van der Waals surface area contributed by atoms with Crippen LogP contribution >= 0.6 is 0 Å². The van der Waals surface area contributed by atoms with Gasteiger partial charge in [-0.1, -0.05) is 36.4 Å². The molecule has 2 aromatic rings. The summed E-state index contributed by atoms with van der Waals surface area (Å²) in [6.45, 7) is -0.522. The molecule has 4 rings (SSSR count). The molecule has 0 saturated carbocycles. The number of ether oxygens (including phenoxy) is 1. The highest BCUT2D eigenvalue weighted by Gasteiger charge is 2.53. The summed E-state index contributed by atoms with van der Waals surface area (Å²) >= 11 is 0. The molecule has 0 aliphatic carbocycles. The molecule has 1 unspecified atom stereocenters. The molecule has 1 fully saturated rings. The van der Waals surface area contributed by atoms with Gasteiger partial charge in [0.25, 0.3) is 17.5 Å². The van der Waals surface area contributed by atoms with Crippen molar-refractivity contribution in [1.82, 2.24) is 15.5 Å². The standard InChI is InChI=1S/C22H20N4O7/c27-18-9-10-22(20(29)24-18,13-23-21(30)33-12-14-5-2-1-3-6-14)25-11-16-15(19(25)28)7-4-8-17(16)26(31)32/h1-8H,9-13H2,(H,23,30)(H,24,27,29). The third-order valence-electron chi connectivity index (χ3n) is 5.84. The Balaban J connectivity index is 1.55. The molecule has 4 amide bonds. The fourth-order valence-electron chi connectivity index (χ4n) is 4.09. The van der Waals surface area contributed by atoms with Crippen molar-refractivity contribution in [2.45, 2.75) is 31.5 Å². The summed E-state index contributed by atoms with van der Waals surface area (Å²) < 4.78 is 5.18. The van der Waals surface area contributed by atoms with Gasteiger partial charge in [0.15, 0.2) is 0 Å². The molecule has 0 bridgehead atoms. The van der Waals surface area contributed by atoms with Gasteiger partial charge in [0, 0.05) is 12.5 Å².